The minimum atomic E-state index is -0.337. The lowest BCUT2D eigenvalue weighted by atomic mass is 10.2. The third kappa shape index (κ3) is 2.90. The molecule has 0 radical (unpaired) electrons. The maximum atomic E-state index is 13.2. The zero-order valence-corrected chi connectivity index (χ0v) is 10.5. The summed E-state index contributed by atoms with van der Waals surface area (Å²) >= 11 is 1.34. The van der Waals surface area contributed by atoms with Crippen molar-refractivity contribution < 1.29 is 14.6 Å². The summed E-state index contributed by atoms with van der Waals surface area (Å²) in [5.74, 6) is -0.337. The Labute approximate surface area is 109 Å². The van der Waals surface area contributed by atoms with Crippen molar-refractivity contribution in [3.8, 4) is 0 Å². The van der Waals surface area contributed by atoms with Crippen molar-refractivity contribution in [2.24, 2.45) is 0 Å². The SMILES string of the molecule is OCc1ccccc1Sc1cc(F)ccc1CO. The van der Waals surface area contributed by atoms with E-state index in [-0.39, 0.29) is 19.0 Å². The fourth-order valence-corrected chi connectivity index (χ4v) is 2.69. The molecular formula is C14H13FO2S. The van der Waals surface area contributed by atoms with Crippen molar-refractivity contribution in [2.75, 3.05) is 0 Å². The van der Waals surface area contributed by atoms with E-state index in [4.69, 9.17) is 0 Å². The van der Waals surface area contributed by atoms with Crippen LogP contribution < -0.4 is 0 Å². The first kappa shape index (κ1) is 13.1. The van der Waals surface area contributed by atoms with Crippen molar-refractivity contribution in [1.82, 2.24) is 0 Å². The average molecular weight is 264 g/mol. The summed E-state index contributed by atoms with van der Waals surface area (Å²) in [6.07, 6.45) is 0. The molecule has 0 saturated carbocycles. The molecule has 2 rings (SSSR count). The van der Waals surface area contributed by atoms with E-state index in [1.807, 2.05) is 24.3 Å². The van der Waals surface area contributed by atoms with E-state index in [1.54, 1.807) is 6.07 Å². The van der Waals surface area contributed by atoms with Gasteiger partial charge in [-0.25, -0.2) is 4.39 Å². The Kier molecular flexibility index (Phi) is 4.36. The maximum Gasteiger partial charge on any atom is 0.124 e. The highest BCUT2D eigenvalue weighted by molar-refractivity contribution is 7.99. The van der Waals surface area contributed by atoms with Gasteiger partial charge in [0.1, 0.15) is 5.82 Å². The Hall–Kier alpha value is -1.36. The highest BCUT2D eigenvalue weighted by Crippen LogP contribution is 2.33. The standard InChI is InChI=1S/C14H13FO2S/c15-12-6-5-11(9-17)14(7-12)18-13-4-2-1-3-10(13)8-16/h1-7,16-17H,8-9H2. The van der Waals surface area contributed by atoms with Crippen LogP contribution in [0.15, 0.2) is 52.3 Å². The molecule has 0 unspecified atom stereocenters. The van der Waals surface area contributed by atoms with Gasteiger partial charge in [-0.15, -0.1) is 0 Å². The van der Waals surface area contributed by atoms with Crippen LogP contribution in [0, 0.1) is 5.82 Å². The molecular weight excluding hydrogens is 251 g/mol. The van der Waals surface area contributed by atoms with Gasteiger partial charge in [-0.05, 0) is 29.3 Å². The Morgan fingerprint density at radius 2 is 1.56 bits per heavy atom. The first-order chi connectivity index (χ1) is 8.74. The minimum absolute atomic E-state index is 0.0626. The molecule has 0 saturated heterocycles. The zero-order chi connectivity index (χ0) is 13.0. The van der Waals surface area contributed by atoms with Crippen LogP contribution in [-0.2, 0) is 13.2 Å². The van der Waals surface area contributed by atoms with Crippen LogP contribution in [0.1, 0.15) is 11.1 Å². The summed E-state index contributed by atoms with van der Waals surface area (Å²) in [6, 6.07) is 11.7. The van der Waals surface area contributed by atoms with Crippen LogP contribution in [0.2, 0.25) is 0 Å². The number of hydrogen-bond donors (Lipinski definition) is 2. The van der Waals surface area contributed by atoms with Crippen molar-refractivity contribution in [3.63, 3.8) is 0 Å². The number of aliphatic hydroxyl groups excluding tert-OH is 2. The molecule has 0 fully saturated rings. The molecule has 18 heavy (non-hydrogen) atoms. The zero-order valence-electron chi connectivity index (χ0n) is 9.64. The topological polar surface area (TPSA) is 40.5 Å². The van der Waals surface area contributed by atoms with Crippen molar-refractivity contribution in [3.05, 3.63) is 59.4 Å². The highest BCUT2D eigenvalue weighted by Gasteiger charge is 2.08. The molecule has 0 bridgehead atoms. The number of aliphatic hydroxyl groups is 2. The van der Waals surface area contributed by atoms with Crippen molar-refractivity contribution in [1.29, 1.82) is 0 Å². The largest absolute Gasteiger partial charge is 0.392 e. The highest BCUT2D eigenvalue weighted by atomic mass is 32.2. The Morgan fingerprint density at radius 1 is 0.889 bits per heavy atom. The van der Waals surface area contributed by atoms with Crippen LogP contribution in [-0.4, -0.2) is 10.2 Å². The van der Waals surface area contributed by atoms with Gasteiger partial charge in [-0.1, -0.05) is 36.0 Å². The molecule has 4 heteroatoms. The smallest absolute Gasteiger partial charge is 0.124 e. The van der Waals surface area contributed by atoms with E-state index in [0.29, 0.717) is 10.5 Å². The average Bonchev–Trinajstić information content (AvgIpc) is 2.40. The van der Waals surface area contributed by atoms with E-state index >= 15 is 0 Å². The third-order valence-corrected chi connectivity index (χ3v) is 3.78. The van der Waals surface area contributed by atoms with E-state index in [1.165, 1.54) is 23.9 Å². The lowest BCUT2D eigenvalue weighted by Gasteiger charge is -2.10. The fourth-order valence-electron chi connectivity index (χ4n) is 1.61. The van der Waals surface area contributed by atoms with Crippen molar-refractivity contribution in [2.45, 2.75) is 23.0 Å². The monoisotopic (exact) mass is 264 g/mol. The van der Waals surface area contributed by atoms with Gasteiger partial charge in [0.05, 0.1) is 13.2 Å². The first-order valence-corrected chi connectivity index (χ1v) is 6.32. The van der Waals surface area contributed by atoms with Gasteiger partial charge in [0.2, 0.25) is 0 Å². The Balaban J connectivity index is 2.36. The third-order valence-electron chi connectivity index (χ3n) is 2.56. The summed E-state index contributed by atoms with van der Waals surface area (Å²) in [5, 5.41) is 18.5. The first-order valence-electron chi connectivity index (χ1n) is 5.50. The molecule has 2 aromatic rings. The Morgan fingerprint density at radius 3 is 2.28 bits per heavy atom. The lowest BCUT2D eigenvalue weighted by molar-refractivity contribution is 0.278. The minimum Gasteiger partial charge on any atom is -0.392 e. The number of rotatable bonds is 4. The van der Waals surface area contributed by atoms with Crippen LogP contribution in [0.3, 0.4) is 0 Å². The summed E-state index contributed by atoms with van der Waals surface area (Å²) in [7, 11) is 0. The van der Waals surface area contributed by atoms with Crippen LogP contribution >= 0.6 is 11.8 Å². The molecule has 2 N–H and O–H groups in total. The van der Waals surface area contributed by atoms with Crippen molar-refractivity contribution >= 4 is 11.8 Å². The van der Waals surface area contributed by atoms with Gasteiger partial charge in [0, 0.05) is 9.79 Å². The summed E-state index contributed by atoms with van der Waals surface area (Å²) in [5.41, 5.74) is 1.46. The van der Waals surface area contributed by atoms with Gasteiger partial charge < -0.3 is 10.2 Å². The molecule has 2 aromatic carbocycles. The lowest BCUT2D eigenvalue weighted by Crippen LogP contribution is -1.91. The summed E-state index contributed by atoms with van der Waals surface area (Å²) in [6.45, 7) is -0.198. The van der Waals surface area contributed by atoms with Gasteiger partial charge >= 0.3 is 0 Å². The Bertz CT molecular complexity index is 543. The second-order valence-electron chi connectivity index (χ2n) is 3.78. The number of hydrogen-bond acceptors (Lipinski definition) is 3. The molecule has 0 aliphatic rings. The molecule has 0 aliphatic carbocycles. The second kappa shape index (κ2) is 6.00. The molecule has 0 amide bonds. The molecule has 2 nitrogen and oxygen atoms in total. The van der Waals surface area contributed by atoms with Crippen LogP contribution in [0.25, 0.3) is 0 Å². The van der Waals surface area contributed by atoms with Gasteiger partial charge in [-0.2, -0.15) is 0 Å². The number of benzene rings is 2. The normalized spacial score (nSPS) is 10.6. The van der Waals surface area contributed by atoms with Crippen LogP contribution in [0.4, 0.5) is 4.39 Å². The van der Waals surface area contributed by atoms with E-state index in [9.17, 15) is 14.6 Å². The molecule has 0 aliphatic heterocycles. The predicted octanol–water partition coefficient (Wildman–Crippen LogP) is 2.96. The van der Waals surface area contributed by atoms with Gasteiger partial charge in [0.25, 0.3) is 0 Å². The molecule has 0 spiro atoms. The maximum absolute atomic E-state index is 13.2. The summed E-state index contributed by atoms with van der Waals surface area (Å²) < 4.78 is 13.2. The van der Waals surface area contributed by atoms with Gasteiger partial charge in [-0.3, -0.25) is 0 Å². The molecule has 94 valence electrons. The molecule has 0 atom stereocenters. The van der Waals surface area contributed by atoms with E-state index in [2.05, 4.69) is 0 Å². The second-order valence-corrected chi connectivity index (χ2v) is 4.86. The van der Waals surface area contributed by atoms with Gasteiger partial charge in [0.15, 0.2) is 0 Å². The predicted molar refractivity (Wildman–Crippen MR) is 68.8 cm³/mol. The molecule has 0 heterocycles. The molecule has 0 aromatic heterocycles. The number of halogens is 1. The van der Waals surface area contributed by atoms with Crippen LogP contribution in [0.5, 0.6) is 0 Å². The van der Waals surface area contributed by atoms with E-state index in [0.717, 1.165) is 10.5 Å². The quantitative estimate of drug-likeness (QED) is 0.892. The van der Waals surface area contributed by atoms with E-state index < -0.39 is 0 Å². The fraction of sp³-hybridized carbons (Fsp3) is 0.143. The summed E-state index contributed by atoms with van der Waals surface area (Å²) in [4.78, 5) is 1.53.